The van der Waals surface area contributed by atoms with Crippen LogP contribution < -0.4 is 9.47 Å². The Balaban J connectivity index is 2.17. The minimum Gasteiger partial charge on any atom is -0.490 e. The molecule has 0 aromatic heterocycles. The van der Waals surface area contributed by atoms with Gasteiger partial charge in [-0.25, -0.2) is 0 Å². The van der Waals surface area contributed by atoms with E-state index in [1.807, 2.05) is 0 Å². The van der Waals surface area contributed by atoms with Gasteiger partial charge >= 0.3 is 6.18 Å². The molecule has 1 aliphatic rings. The zero-order valence-corrected chi connectivity index (χ0v) is 11.3. The summed E-state index contributed by atoms with van der Waals surface area (Å²) < 4.78 is 47.3. The maximum Gasteiger partial charge on any atom is 0.389 e. The smallest absolute Gasteiger partial charge is 0.389 e. The molecule has 0 bridgehead atoms. The molecule has 0 fully saturated rings. The topological polar surface area (TPSA) is 38.7 Å². The van der Waals surface area contributed by atoms with Gasteiger partial charge in [0.15, 0.2) is 11.5 Å². The first-order valence-electron chi connectivity index (χ1n) is 6.20. The van der Waals surface area contributed by atoms with Gasteiger partial charge in [0, 0.05) is 24.5 Å². The Kier molecular flexibility index (Phi) is 4.65. The fourth-order valence-electron chi connectivity index (χ4n) is 1.91. The van der Waals surface area contributed by atoms with Crippen LogP contribution in [0.3, 0.4) is 0 Å². The highest BCUT2D eigenvalue weighted by atomic mass is 35.5. The van der Waals surface area contributed by atoms with Gasteiger partial charge in [0.05, 0.1) is 24.3 Å². The number of fused-ring (bicyclic) bond motifs is 1. The molecular weight excluding hydrogens is 297 g/mol. The molecule has 1 aromatic rings. The van der Waals surface area contributed by atoms with Crippen LogP contribution in [0.1, 0.15) is 30.9 Å². The Morgan fingerprint density at radius 1 is 1.20 bits per heavy atom. The number of hydrogen-bond acceptors (Lipinski definition) is 3. The summed E-state index contributed by atoms with van der Waals surface area (Å²) >= 11 is 5.98. The fraction of sp³-hybridized carbons (Fsp3) is 0.538. The normalized spacial score (nSPS) is 16.6. The first-order chi connectivity index (χ1) is 9.37. The monoisotopic (exact) mass is 310 g/mol. The quantitative estimate of drug-likeness (QED) is 0.921. The van der Waals surface area contributed by atoms with E-state index in [9.17, 15) is 18.3 Å². The predicted molar refractivity (Wildman–Crippen MR) is 67.3 cm³/mol. The van der Waals surface area contributed by atoms with Crippen molar-refractivity contribution in [2.24, 2.45) is 0 Å². The Morgan fingerprint density at radius 3 is 2.40 bits per heavy atom. The van der Waals surface area contributed by atoms with Gasteiger partial charge in [0.2, 0.25) is 0 Å². The van der Waals surface area contributed by atoms with E-state index in [2.05, 4.69) is 0 Å². The second kappa shape index (κ2) is 6.10. The number of halogens is 4. The molecule has 1 N–H and O–H groups in total. The summed E-state index contributed by atoms with van der Waals surface area (Å²) in [7, 11) is 0. The molecule has 1 atom stereocenters. The lowest BCUT2D eigenvalue weighted by molar-refractivity contribution is -0.140. The predicted octanol–water partition coefficient (Wildman–Crippen LogP) is 3.88. The zero-order valence-electron chi connectivity index (χ0n) is 10.5. The van der Waals surface area contributed by atoms with Crippen molar-refractivity contribution in [1.82, 2.24) is 0 Å². The lowest BCUT2D eigenvalue weighted by Gasteiger charge is -2.16. The lowest BCUT2D eigenvalue weighted by Crippen LogP contribution is -2.10. The SMILES string of the molecule is OC(CCC(F)(F)F)c1cc2c(cc1Cl)OCCCO2. The molecule has 1 heterocycles. The van der Waals surface area contributed by atoms with Crippen molar-refractivity contribution in [1.29, 1.82) is 0 Å². The van der Waals surface area contributed by atoms with Crippen molar-refractivity contribution in [3.8, 4) is 11.5 Å². The Morgan fingerprint density at radius 2 is 1.80 bits per heavy atom. The summed E-state index contributed by atoms with van der Waals surface area (Å²) in [6.07, 6.45) is -6.40. The summed E-state index contributed by atoms with van der Waals surface area (Å²) in [6.45, 7) is 0.937. The van der Waals surface area contributed by atoms with E-state index >= 15 is 0 Å². The maximum atomic E-state index is 12.2. The van der Waals surface area contributed by atoms with Crippen LogP contribution in [0.25, 0.3) is 0 Å². The number of benzene rings is 1. The first-order valence-corrected chi connectivity index (χ1v) is 6.58. The number of aliphatic hydroxyl groups excluding tert-OH is 1. The number of rotatable bonds is 3. The van der Waals surface area contributed by atoms with E-state index in [-0.39, 0.29) is 10.6 Å². The first kappa shape index (κ1) is 15.3. The fourth-order valence-corrected chi connectivity index (χ4v) is 2.19. The van der Waals surface area contributed by atoms with Crippen LogP contribution >= 0.6 is 11.6 Å². The van der Waals surface area contributed by atoms with Crippen molar-refractivity contribution >= 4 is 11.6 Å². The zero-order chi connectivity index (χ0) is 14.8. The largest absolute Gasteiger partial charge is 0.490 e. The van der Waals surface area contributed by atoms with Crippen LogP contribution in [0.5, 0.6) is 11.5 Å². The van der Waals surface area contributed by atoms with Crippen LogP contribution in [0.15, 0.2) is 12.1 Å². The summed E-state index contributed by atoms with van der Waals surface area (Å²) in [5.74, 6) is 0.840. The van der Waals surface area contributed by atoms with Gasteiger partial charge in [-0.1, -0.05) is 11.6 Å². The summed E-state index contributed by atoms with van der Waals surface area (Å²) in [6, 6.07) is 2.92. The molecule has 0 spiro atoms. The Hall–Kier alpha value is -1.14. The molecule has 112 valence electrons. The molecule has 20 heavy (non-hydrogen) atoms. The van der Waals surface area contributed by atoms with Gasteiger partial charge < -0.3 is 14.6 Å². The third kappa shape index (κ3) is 3.93. The second-order valence-electron chi connectivity index (χ2n) is 4.54. The highest BCUT2D eigenvalue weighted by Gasteiger charge is 2.29. The third-order valence-corrected chi connectivity index (χ3v) is 3.25. The van der Waals surface area contributed by atoms with Crippen molar-refractivity contribution in [3.05, 3.63) is 22.7 Å². The summed E-state index contributed by atoms with van der Waals surface area (Å²) in [5, 5.41) is 10.0. The maximum absolute atomic E-state index is 12.2. The summed E-state index contributed by atoms with van der Waals surface area (Å²) in [4.78, 5) is 0. The highest BCUT2D eigenvalue weighted by molar-refractivity contribution is 6.31. The second-order valence-corrected chi connectivity index (χ2v) is 4.95. The van der Waals surface area contributed by atoms with E-state index in [1.165, 1.54) is 12.1 Å². The van der Waals surface area contributed by atoms with Gasteiger partial charge in [0.25, 0.3) is 0 Å². The molecule has 2 rings (SSSR count). The average molecular weight is 311 g/mol. The number of aliphatic hydroxyl groups is 1. The lowest BCUT2D eigenvalue weighted by atomic mass is 10.0. The van der Waals surface area contributed by atoms with Gasteiger partial charge in [-0.15, -0.1) is 0 Å². The number of alkyl halides is 3. The molecule has 1 unspecified atom stereocenters. The molecule has 0 amide bonds. The van der Waals surface area contributed by atoms with Gasteiger partial charge in [0.1, 0.15) is 0 Å². The Bertz CT molecular complexity index is 477. The van der Waals surface area contributed by atoms with Crippen LogP contribution in [-0.4, -0.2) is 24.5 Å². The minimum atomic E-state index is -4.31. The molecule has 0 radical (unpaired) electrons. The van der Waals surface area contributed by atoms with E-state index in [0.29, 0.717) is 31.1 Å². The summed E-state index contributed by atoms with van der Waals surface area (Å²) in [5.41, 5.74) is 0.222. The standard InChI is InChI=1S/C13H14ClF3O3/c14-9-7-12-11(19-4-1-5-20-12)6-8(9)10(18)2-3-13(15,16)17/h6-7,10,18H,1-5H2. The molecule has 0 aliphatic carbocycles. The average Bonchev–Trinajstić information content (AvgIpc) is 2.58. The van der Waals surface area contributed by atoms with Crippen molar-refractivity contribution < 1.29 is 27.8 Å². The third-order valence-electron chi connectivity index (χ3n) is 2.93. The van der Waals surface area contributed by atoms with Crippen LogP contribution in [0.2, 0.25) is 5.02 Å². The van der Waals surface area contributed by atoms with E-state index in [1.54, 1.807) is 0 Å². The number of ether oxygens (including phenoxy) is 2. The van der Waals surface area contributed by atoms with Crippen LogP contribution in [0.4, 0.5) is 13.2 Å². The molecule has 0 saturated carbocycles. The minimum absolute atomic E-state index is 0.170. The Labute approximate surface area is 119 Å². The van der Waals surface area contributed by atoms with Gasteiger partial charge in [-0.2, -0.15) is 13.2 Å². The molecule has 1 aliphatic heterocycles. The van der Waals surface area contributed by atoms with Crippen LogP contribution in [0, 0.1) is 0 Å². The van der Waals surface area contributed by atoms with Crippen molar-refractivity contribution in [2.45, 2.75) is 31.5 Å². The molecule has 0 saturated heterocycles. The van der Waals surface area contributed by atoms with Gasteiger partial charge in [-0.3, -0.25) is 0 Å². The van der Waals surface area contributed by atoms with E-state index in [0.717, 1.165) is 0 Å². The van der Waals surface area contributed by atoms with Gasteiger partial charge in [-0.05, 0) is 12.5 Å². The number of hydrogen-bond donors (Lipinski definition) is 1. The van der Waals surface area contributed by atoms with Crippen molar-refractivity contribution in [3.63, 3.8) is 0 Å². The van der Waals surface area contributed by atoms with Crippen molar-refractivity contribution in [2.75, 3.05) is 13.2 Å². The molecule has 7 heteroatoms. The molecule has 1 aromatic carbocycles. The molecule has 3 nitrogen and oxygen atoms in total. The highest BCUT2D eigenvalue weighted by Crippen LogP contribution is 2.39. The van der Waals surface area contributed by atoms with E-state index in [4.69, 9.17) is 21.1 Å². The van der Waals surface area contributed by atoms with E-state index < -0.39 is 25.1 Å². The van der Waals surface area contributed by atoms with Crippen LogP contribution in [-0.2, 0) is 0 Å². The molecular formula is C13H14ClF3O3.